The van der Waals surface area contributed by atoms with Crippen LogP contribution in [0.5, 0.6) is 11.5 Å². The molecule has 0 aliphatic rings. The Kier molecular flexibility index (Phi) is 4.03. The molecule has 2 heteroatoms. The van der Waals surface area contributed by atoms with Crippen LogP contribution in [-0.2, 0) is 5.41 Å². The third-order valence-corrected chi connectivity index (χ3v) is 3.93. The molecule has 0 radical (unpaired) electrons. The van der Waals surface area contributed by atoms with Gasteiger partial charge in [0.2, 0.25) is 0 Å². The standard InChI is InChI=1S/C18H22O2/c1-13-12-15(8-11-17(13)20-5)18(2,3)14-6-9-16(19-4)10-7-14/h6-12H,1-5H3. The Labute approximate surface area is 121 Å². The van der Waals surface area contributed by atoms with Crippen molar-refractivity contribution in [3.05, 3.63) is 59.2 Å². The van der Waals surface area contributed by atoms with E-state index in [0.29, 0.717) is 0 Å². The Morgan fingerprint density at radius 1 is 0.800 bits per heavy atom. The van der Waals surface area contributed by atoms with Crippen molar-refractivity contribution in [2.75, 3.05) is 14.2 Å². The second-order valence-electron chi connectivity index (χ2n) is 5.54. The van der Waals surface area contributed by atoms with Gasteiger partial charge in [0.1, 0.15) is 11.5 Å². The SMILES string of the molecule is COc1ccc(C(C)(C)c2ccc(OC)c(C)c2)cc1. The fourth-order valence-corrected chi connectivity index (χ4v) is 2.44. The first kappa shape index (κ1) is 14.4. The molecule has 0 saturated carbocycles. The summed E-state index contributed by atoms with van der Waals surface area (Å²) in [5.74, 6) is 1.81. The van der Waals surface area contributed by atoms with E-state index < -0.39 is 0 Å². The lowest BCUT2D eigenvalue weighted by atomic mass is 9.77. The molecule has 0 fully saturated rings. The molecule has 106 valence electrons. The van der Waals surface area contributed by atoms with Crippen LogP contribution >= 0.6 is 0 Å². The molecule has 2 aromatic carbocycles. The third kappa shape index (κ3) is 2.64. The molecule has 0 heterocycles. The summed E-state index contributed by atoms with van der Waals surface area (Å²) in [5, 5.41) is 0. The molecule has 2 nitrogen and oxygen atoms in total. The maximum absolute atomic E-state index is 5.33. The molecule has 0 bridgehead atoms. The number of benzene rings is 2. The average molecular weight is 270 g/mol. The molecule has 0 aromatic heterocycles. The molecule has 20 heavy (non-hydrogen) atoms. The van der Waals surface area contributed by atoms with Crippen LogP contribution in [0.4, 0.5) is 0 Å². The largest absolute Gasteiger partial charge is 0.497 e. The molecule has 0 atom stereocenters. The van der Waals surface area contributed by atoms with Crippen LogP contribution in [0.2, 0.25) is 0 Å². The average Bonchev–Trinajstić information content (AvgIpc) is 2.47. The van der Waals surface area contributed by atoms with Crippen LogP contribution in [0.15, 0.2) is 42.5 Å². The predicted molar refractivity (Wildman–Crippen MR) is 82.9 cm³/mol. The van der Waals surface area contributed by atoms with E-state index in [4.69, 9.17) is 9.47 Å². The first-order valence-corrected chi connectivity index (χ1v) is 6.78. The van der Waals surface area contributed by atoms with Gasteiger partial charge >= 0.3 is 0 Å². The monoisotopic (exact) mass is 270 g/mol. The van der Waals surface area contributed by atoms with Crippen LogP contribution in [0.3, 0.4) is 0 Å². The minimum Gasteiger partial charge on any atom is -0.497 e. The second-order valence-corrected chi connectivity index (χ2v) is 5.54. The number of hydrogen-bond acceptors (Lipinski definition) is 2. The van der Waals surface area contributed by atoms with Gasteiger partial charge in [0.15, 0.2) is 0 Å². The van der Waals surface area contributed by atoms with E-state index in [1.807, 2.05) is 18.2 Å². The van der Waals surface area contributed by atoms with Crippen molar-refractivity contribution in [2.24, 2.45) is 0 Å². The van der Waals surface area contributed by atoms with E-state index in [9.17, 15) is 0 Å². The fourth-order valence-electron chi connectivity index (χ4n) is 2.44. The van der Waals surface area contributed by atoms with E-state index in [1.165, 1.54) is 11.1 Å². The van der Waals surface area contributed by atoms with Crippen LogP contribution < -0.4 is 9.47 Å². The summed E-state index contributed by atoms with van der Waals surface area (Å²) in [6, 6.07) is 14.6. The van der Waals surface area contributed by atoms with Gasteiger partial charge in [-0.3, -0.25) is 0 Å². The van der Waals surface area contributed by atoms with E-state index in [0.717, 1.165) is 17.1 Å². The molecule has 0 aliphatic heterocycles. The summed E-state index contributed by atoms with van der Waals surface area (Å²) in [6.45, 7) is 6.54. The van der Waals surface area contributed by atoms with Crippen LogP contribution in [-0.4, -0.2) is 14.2 Å². The molecular formula is C18H22O2. The van der Waals surface area contributed by atoms with Crippen LogP contribution in [0.25, 0.3) is 0 Å². The Morgan fingerprint density at radius 3 is 1.90 bits per heavy atom. The number of ether oxygens (including phenoxy) is 2. The molecule has 0 saturated heterocycles. The zero-order valence-corrected chi connectivity index (χ0v) is 12.9. The van der Waals surface area contributed by atoms with Gasteiger partial charge in [-0.1, -0.05) is 38.1 Å². The van der Waals surface area contributed by atoms with E-state index >= 15 is 0 Å². The van der Waals surface area contributed by atoms with Gasteiger partial charge < -0.3 is 9.47 Å². The molecular weight excluding hydrogens is 248 g/mol. The minimum atomic E-state index is -0.0523. The van der Waals surface area contributed by atoms with Gasteiger partial charge in [-0.05, 0) is 41.8 Å². The zero-order valence-electron chi connectivity index (χ0n) is 12.9. The minimum absolute atomic E-state index is 0.0523. The lowest BCUT2D eigenvalue weighted by Gasteiger charge is -2.27. The quantitative estimate of drug-likeness (QED) is 0.823. The molecule has 0 spiro atoms. The Balaban J connectivity index is 2.39. The van der Waals surface area contributed by atoms with E-state index in [2.05, 4.69) is 45.0 Å². The van der Waals surface area contributed by atoms with Crippen molar-refractivity contribution in [3.63, 3.8) is 0 Å². The summed E-state index contributed by atoms with van der Waals surface area (Å²) in [4.78, 5) is 0. The van der Waals surface area contributed by atoms with Gasteiger partial charge in [-0.25, -0.2) is 0 Å². The number of hydrogen-bond donors (Lipinski definition) is 0. The van der Waals surface area contributed by atoms with E-state index in [-0.39, 0.29) is 5.41 Å². The van der Waals surface area contributed by atoms with Gasteiger partial charge in [-0.15, -0.1) is 0 Å². The Hall–Kier alpha value is -1.96. The summed E-state index contributed by atoms with van der Waals surface area (Å²) < 4.78 is 10.6. The second kappa shape index (κ2) is 5.58. The smallest absolute Gasteiger partial charge is 0.121 e. The molecule has 0 aliphatic carbocycles. The van der Waals surface area contributed by atoms with Crippen molar-refractivity contribution in [1.29, 1.82) is 0 Å². The Bertz CT molecular complexity index is 583. The normalized spacial score (nSPS) is 11.2. The Morgan fingerprint density at radius 2 is 1.40 bits per heavy atom. The fraction of sp³-hybridized carbons (Fsp3) is 0.333. The highest BCUT2D eigenvalue weighted by Gasteiger charge is 2.23. The van der Waals surface area contributed by atoms with Crippen molar-refractivity contribution < 1.29 is 9.47 Å². The van der Waals surface area contributed by atoms with Crippen molar-refractivity contribution in [2.45, 2.75) is 26.2 Å². The van der Waals surface area contributed by atoms with Gasteiger partial charge in [0.25, 0.3) is 0 Å². The molecule has 2 aromatic rings. The highest BCUT2D eigenvalue weighted by molar-refractivity contribution is 5.44. The zero-order chi connectivity index (χ0) is 14.8. The third-order valence-electron chi connectivity index (χ3n) is 3.93. The number of rotatable bonds is 4. The van der Waals surface area contributed by atoms with Crippen LogP contribution in [0, 0.1) is 6.92 Å². The lowest BCUT2D eigenvalue weighted by molar-refractivity contribution is 0.411. The maximum atomic E-state index is 5.33. The highest BCUT2D eigenvalue weighted by atomic mass is 16.5. The summed E-state index contributed by atoms with van der Waals surface area (Å²) >= 11 is 0. The lowest BCUT2D eigenvalue weighted by Crippen LogP contribution is -2.19. The van der Waals surface area contributed by atoms with Crippen LogP contribution in [0.1, 0.15) is 30.5 Å². The summed E-state index contributed by atoms with van der Waals surface area (Å²) in [7, 11) is 3.39. The topological polar surface area (TPSA) is 18.5 Å². The predicted octanol–water partition coefficient (Wildman–Crippen LogP) is 4.34. The van der Waals surface area contributed by atoms with Crippen molar-refractivity contribution in [1.82, 2.24) is 0 Å². The number of aryl methyl sites for hydroxylation is 1. The van der Waals surface area contributed by atoms with E-state index in [1.54, 1.807) is 14.2 Å². The van der Waals surface area contributed by atoms with Gasteiger partial charge in [0.05, 0.1) is 14.2 Å². The van der Waals surface area contributed by atoms with Gasteiger partial charge in [0, 0.05) is 5.41 Å². The van der Waals surface area contributed by atoms with Crippen molar-refractivity contribution in [3.8, 4) is 11.5 Å². The highest BCUT2D eigenvalue weighted by Crippen LogP contribution is 2.34. The summed E-state index contributed by atoms with van der Waals surface area (Å²) in [5.41, 5.74) is 3.65. The molecule has 2 rings (SSSR count). The molecule has 0 N–H and O–H groups in total. The number of methoxy groups -OCH3 is 2. The molecule has 0 amide bonds. The van der Waals surface area contributed by atoms with Crippen molar-refractivity contribution >= 4 is 0 Å². The maximum Gasteiger partial charge on any atom is 0.121 e. The molecule has 0 unspecified atom stereocenters. The van der Waals surface area contributed by atoms with Gasteiger partial charge in [-0.2, -0.15) is 0 Å². The summed E-state index contributed by atoms with van der Waals surface area (Å²) in [6.07, 6.45) is 0. The first-order chi connectivity index (χ1) is 9.48. The first-order valence-electron chi connectivity index (χ1n) is 6.78.